The predicted octanol–water partition coefficient (Wildman–Crippen LogP) is 3.60. The molecule has 154 valence electrons. The summed E-state index contributed by atoms with van der Waals surface area (Å²) >= 11 is 0. The van der Waals surface area contributed by atoms with Gasteiger partial charge in [0.05, 0.1) is 40.8 Å². The molecule has 0 unspecified atom stereocenters. The molecule has 0 amide bonds. The number of sulfonamides is 1. The number of aliphatic hydroxyl groups excluding tert-OH is 1. The molecular weight excluding hydrogens is 398 g/mol. The number of nitrogens with zero attached hydrogens (tertiary/aromatic N) is 3. The Hall–Kier alpha value is -3.16. The topological polar surface area (TPSA) is 75.4 Å². The molecule has 0 radical (unpaired) electrons. The number of aliphatic hydroxyl groups is 1. The number of aromatic nitrogens is 2. The van der Waals surface area contributed by atoms with Gasteiger partial charge in [-0.25, -0.2) is 13.4 Å². The third-order valence-electron chi connectivity index (χ3n) is 4.99. The molecule has 0 aliphatic heterocycles. The molecule has 7 heteroatoms. The maximum Gasteiger partial charge on any atom is 0.264 e. The minimum atomic E-state index is -3.83. The van der Waals surface area contributed by atoms with Crippen LogP contribution in [0.25, 0.3) is 11.0 Å². The van der Waals surface area contributed by atoms with E-state index in [2.05, 4.69) is 4.98 Å². The van der Waals surface area contributed by atoms with Crippen molar-refractivity contribution >= 4 is 26.7 Å². The first kappa shape index (κ1) is 20.1. The summed E-state index contributed by atoms with van der Waals surface area (Å²) in [6, 6.07) is 24.8. The summed E-state index contributed by atoms with van der Waals surface area (Å²) in [4.78, 5) is 4.71. The number of imidazole rings is 1. The van der Waals surface area contributed by atoms with Crippen LogP contribution in [0.3, 0.4) is 0 Å². The number of anilines is 1. The van der Waals surface area contributed by atoms with E-state index in [-0.39, 0.29) is 18.0 Å². The van der Waals surface area contributed by atoms with Crippen molar-refractivity contribution in [2.24, 2.45) is 0 Å². The summed E-state index contributed by atoms with van der Waals surface area (Å²) in [5.74, 6) is 0.771. The van der Waals surface area contributed by atoms with Crippen molar-refractivity contribution in [2.75, 3.05) is 10.8 Å². The van der Waals surface area contributed by atoms with Crippen molar-refractivity contribution in [3.05, 3.63) is 90.8 Å². The molecule has 6 nitrogen and oxygen atoms in total. The van der Waals surface area contributed by atoms with Crippen molar-refractivity contribution in [1.29, 1.82) is 0 Å². The fourth-order valence-corrected chi connectivity index (χ4v) is 5.07. The average Bonchev–Trinajstić information content (AvgIpc) is 3.08. The van der Waals surface area contributed by atoms with Crippen molar-refractivity contribution in [2.45, 2.75) is 24.5 Å². The third kappa shape index (κ3) is 3.94. The molecule has 1 N–H and O–H groups in total. The quantitative estimate of drug-likeness (QED) is 0.495. The second-order valence-corrected chi connectivity index (χ2v) is 8.96. The zero-order valence-electron chi connectivity index (χ0n) is 16.6. The number of hydrogen-bond acceptors (Lipinski definition) is 4. The standard InChI is InChI=1S/C23H23N3O3S/c1-18-24-22-14-8-9-15-23(22)25(18)16-20(27)17-26(19-10-4-2-5-11-19)30(28,29)21-12-6-3-7-13-21/h2-15,20,27H,16-17H2,1H3/t20-/m1/s1. The second kappa shape index (κ2) is 8.30. The zero-order valence-corrected chi connectivity index (χ0v) is 17.4. The lowest BCUT2D eigenvalue weighted by Gasteiger charge is -2.27. The number of rotatable bonds is 7. The lowest BCUT2D eigenvalue weighted by atomic mass is 10.2. The molecule has 0 spiro atoms. The largest absolute Gasteiger partial charge is 0.389 e. The van der Waals surface area contributed by atoms with Gasteiger partial charge < -0.3 is 9.67 Å². The van der Waals surface area contributed by atoms with Crippen LogP contribution >= 0.6 is 0 Å². The van der Waals surface area contributed by atoms with Crippen LogP contribution in [0.5, 0.6) is 0 Å². The van der Waals surface area contributed by atoms with Gasteiger partial charge in [-0.05, 0) is 43.3 Å². The van der Waals surface area contributed by atoms with Crippen molar-refractivity contribution in [3.63, 3.8) is 0 Å². The van der Waals surface area contributed by atoms with E-state index in [9.17, 15) is 13.5 Å². The number of fused-ring (bicyclic) bond motifs is 1. The molecule has 0 bridgehead atoms. The van der Waals surface area contributed by atoms with E-state index in [0.717, 1.165) is 16.9 Å². The molecule has 1 aromatic heterocycles. The molecule has 0 aliphatic rings. The van der Waals surface area contributed by atoms with E-state index in [1.54, 1.807) is 54.6 Å². The highest BCUT2D eigenvalue weighted by Gasteiger charge is 2.27. The Balaban J connectivity index is 1.66. The first-order valence-electron chi connectivity index (χ1n) is 9.69. The molecule has 0 fully saturated rings. The van der Waals surface area contributed by atoms with E-state index >= 15 is 0 Å². The van der Waals surface area contributed by atoms with Gasteiger partial charge in [-0.3, -0.25) is 4.31 Å². The summed E-state index contributed by atoms with van der Waals surface area (Å²) in [6.07, 6.45) is -0.931. The maximum absolute atomic E-state index is 13.3. The van der Waals surface area contributed by atoms with E-state index in [4.69, 9.17) is 0 Å². The maximum atomic E-state index is 13.3. The van der Waals surface area contributed by atoms with Gasteiger partial charge in [0.1, 0.15) is 5.82 Å². The Bertz CT molecular complexity index is 1240. The van der Waals surface area contributed by atoms with Gasteiger partial charge in [-0.1, -0.05) is 48.5 Å². The lowest BCUT2D eigenvalue weighted by Crippen LogP contribution is -2.39. The fourth-order valence-electron chi connectivity index (χ4n) is 3.54. The van der Waals surface area contributed by atoms with Gasteiger partial charge >= 0.3 is 0 Å². The van der Waals surface area contributed by atoms with Gasteiger partial charge in [0, 0.05) is 0 Å². The van der Waals surface area contributed by atoms with Crippen LogP contribution in [-0.4, -0.2) is 35.7 Å². The molecule has 0 saturated heterocycles. The Morgan fingerprint density at radius 1 is 0.933 bits per heavy atom. The highest BCUT2D eigenvalue weighted by molar-refractivity contribution is 7.92. The summed E-state index contributed by atoms with van der Waals surface area (Å²) in [5, 5.41) is 10.9. The third-order valence-corrected chi connectivity index (χ3v) is 6.80. The number of benzene rings is 3. The molecule has 1 atom stereocenters. The molecule has 0 saturated carbocycles. The van der Waals surface area contributed by atoms with Crippen molar-refractivity contribution < 1.29 is 13.5 Å². The van der Waals surface area contributed by atoms with Gasteiger partial charge in [0.25, 0.3) is 10.0 Å². The monoisotopic (exact) mass is 421 g/mol. The van der Waals surface area contributed by atoms with Gasteiger partial charge in [-0.15, -0.1) is 0 Å². The van der Waals surface area contributed by atoms with Crippen LogP contribution in [0.15, 0.2) is 89.8 Å². The Labute approximate surface area is 176 Å². The summed E-state index contributed by atoms with van der Waals surface area (Å²) < 4.78 is 29.9. The summed E-state index contributed by atoms with van der Waals surface area (Å²) in [6.45, 7) is 2.04. The molecule has 3 aromatic carbocycles. The van der Waals surface area contributed by atoms with E-state index < -0.39 is 16.1 Å². The molecule has 1 heterocycles. The van der Waals surface area contributed by atoms with Crippen LogP contribution in [0.2, 0.25) is 0 Å². The number of para-hydroxylation sites is 3. The normalized spacial score (nSPS) is 12.7. The van der Waals surface area contributed by atoms with Crippen LogP contribution in [0, 0.1) is 6.92 Å². The van der Waals surface area contributed by atoms with E-state index in [1.165, 1.54) is 4.31 Å². The Kier molecular flexibility index (Phi) is 5.57. The van der Waals surface area contributed by atoms with Crippen molar-refractivity contribution in [3.8, 4) is 0 Å². The second-order valence-electron chi connectivity index (χ2n) is 7.10. The zero-order chi connectivity index (χ0) is 21.1. The number of hydrogen-bond donors (Lipinski definition) is 1. The van der Waals surface area contributed by atoms with Crippen molar-refractivity contribution in [1.82, 2.24) is 9.55 Å². The minimum Gasteiger partial charge on any atom is -0.389 e. The SMILES string of the molecule is Cc1nc2ccccc2n1C[C@@H](O)CN(c1ccccc1)S(=O)(=O)c1ccccc1. The average molecular weight is 422 g/mol. The van der Waals surface area contributed by atoms with Gasteiger partial charge in [-0.2, -0.15) is 0 Å². The first-order valence-corrected chi connectivity index (χ1v) is 11.1. The Morgan fingerprint density at radius 3 is 2.23 bits per heavy atom. The molecule has 0 aliphatic carbocycles. The van der Waals surface area contributed by atoms with Crippen LogP contribution in [-0.2, 0) is 16.6 Å². The van der Waals surface area contributed by atoms with Gasteiger partial charge in [0.2, 0.25) is 0 Å². The first-order chi connectivity index (χ1) is 14.5. The lowest BCUT2D eigenvalue weighted by molar-refractivity contribution is 0.163. The summed E-state index contributed by atoms with van der Waals surface area (Å²) in [5.41, 5.74) is 2.26. The smallest absolute Gasteiger partial charge is 0.264 e. The molecule has 30 heavy (non-hydrogen) atoms. The highest BCUT2D eigenvalue weighted by atomic mass is 32.2. The van der Waals surface area contributed by atoms with Crippen LogP contribution in [0.1, 0.15) is 5.82 Å². The minimum absolute atomic E-state index is 0.0762. The van der Waals surface area contributed by atoms with Crippen LogP contribution in [0.4, 0.5) is 5.69 Å². The van der Waals surface area contributed by atoms with E-state index in [0.29, 0.717) is 5.69 Å². The molecule has 4 aromatic rings. The van der Waals surface area contributed by atoms with E-state index in [1.807, 2.05) is 41.8 Å². The number of aryl methyl sites for hydroxylation is 1. The summed E-state index contributed by atoms with van der Waals surface area (Å²) in [7, 11) is -3.83. The van der Waals surface area contributed by atoms with Gasteiger partial charge in [0.15, 0.2) is 0 Å². The van der Waals surface area contributed by atoms with Crippen LogP contribution < -0.4 is 4.31 Å². The predicted molar refractivity (Wildman–Crippen MR) is 118 cm³/mol. The molecular formula is C23H23N3O3S. The Morgan fingerprint density at radius 2 is 1.53 bits per heavy atom. The fraction of sp³-hybridized carbons (Fsp3) is 0.174. The highest BCUT2D eigenvalue weighted by Crippen LogP contribution is 2.24. The molecule has 4 rings (SSSR count).